The summed E-state index contributed by atoms with van der Waals surface area (Å²) in [5.74, 6) is 0.0825. The molecule has 1 aromatic rings. The number of sulfone groups is 1. The molecule has 0 aromatic heterocycles. The molecule has 1 heterocycles. The maximum absolute atomic E-state index is 12.1. The van der Waals surface area contributed by atoms with Gasteiger partial charge in [-0.2, -0.15) is 5.26 Å². The molecule has 0 spiro atoms. The number of nitrogens with one attached hydrogen (secondary N) is 1. The van der Waals surface area contributed by atoms with Crippen LogP contribution in [0.2, 0.25) is 0 Å². The summed E-state index contributed by atoms with van der Waals surface area (Å²) < 4.78 is 24.3. The van der Waals surface area contributed by atoms with Crippen molar-refractivity contribution < 1.29 is 8.42 Å². The van der Waals surface area contributed by atoms with Crippen molar-refractivity contribution in [3.63, 3.8) is 0 Å². The summed E-state index contributed by atoms with van der Waals surface area (Å²) in [6.45, 7) is 2.48. The highest BCUT2D eigenvalue weighted by Crippen LogP contribution is 2.12. The summed E-state index contributed by atoms with van der Waals surface area (Å²) in [7, 11) is -1.21. The van der Waals surface area contributed by atoms with E-state index in [-0.39, 0.29) is 10.6 Å². The van der Waals surface area contributed by atoms with Crippen molar-refractivity contribution in [1.29, 1.82) is 5.26 Å². The highest BCUT2D eigenvalue weighted by atomic mass is 32.2. The third kappa shape index (κ3) is 3.79. The topological polar surface area (TPSA) is 73.2 Å². The van der Waals surface area contributed by atoms with E-state index in [1.165, 1.54) is 24.3 Å². The largest absolute Gasteiger partial charge is 0.312 e. The minimum absolute atomic E-state index is 0.0825. The molecule has 2 rings (SSSR count). The van der Waals surface area contributed by atoms with E-state index in [0.717, 1.165) is 19.5 Å². The Bertz CT molecular complexity index is 590. The molecule has 0 radical (unpaired) electrons. The van der Waals surface area contributed by atoms with Crippen LogP contribution in [0.25, 0.3) is 0 Å². The van der Waals surface area contributed by atoms with Crippen LogP contribution in [0.15, 0.2) is 29.2 Å². The Balaban J connectivity index is 1.88. The Kier molecular flexibility index (Phi) is 4.76. The van der Waals surface area contributed by atoms with Crippen molar-refractivity contribution in [3.8, 4) is 6.07 Å². The average molecular weight is 293 g/mol. The normalized spacial score (nSPS) is 19.9. The maximum Gasteiger partial charge on any atom is 0.179 e. The lowest BCUT2D eigenvalue weighted by atomic mass is 10.2. The van der Waals surface area contributed by atoms with Gasteiger partial charge in [0.05, 0.1) is 22.3 Å². The maximum atomic E-state index is 12.1. The number of nitriles is 1. The molecule has 1 unspecified atom stereocenters. The first-order valence-corrected chi connectivity index (χ1v) is 8.31. The zero-order valence-electron chi connectivity index (χ0n) is 11.5. The van der Waals surface area contributed by atoms with E-state index in [9.17, 15) is 8.42 Å². The first-order chi connectivity index (χ1) is 9.51. The van der Waals surface area contributed by atoms with Crippen LogP contribution in [0.3, 0.4) is 0 Å². The van der Waals surface area contributed by atoms with Crippen molar-refractivity contribution in [2.24, 2.45) is 0 Å². The Hall–Kier alpha value is -1.42. The second kappa shape index (κ2) is 6.35. The summed E-state index contributed by atoms with van der Waals surface area (Å²) in [6, 6.07) is 8.43. The first-order valence-electron chi connectivity index (χ1n) is 6.66. The highest BCUT2D eigenvalue weighted by Gasteiger charge is 2.20. The summed E-state index contributed by atoms with van der Waals surface area (Å²) in [5, 5.41) is 12.0. The Labute approximate surface area is 120 Å². The number of rotatable bonds is 5. The lowest BCUT2D eigenvalue weighted by Gasteiger charge is -2.12. The molecule has 6 heteroatoms. The van der Waals surface area contributed by atoms with Gasteiger partial charge in [0, 0.05) is 19.1 Å². The fourth-order valence-electron chi connectivity index (χ4n) is 2.35. The van der Waals surface area contributed by atoms with Gasteiger partial charge in [-0.1, -0.05) is 0 Å². The Morgan fingerprint density at radius 2 is 2.10 bits per heavy atom. The predicted octanol–water partition coefficient (Wildman–Crippen LogP) is 0.626. The van der Waals surface area contributed by atoms with Crippen LogP contribution in [-0.2, 0) is 9.84 Å². The van der Waals surface area contributed by atoms with E-state index in [1.54, 1.807) is 0 Å². The highest BCUT2D eigenvalue weighted by molar-refractivity contribution is 7.91. The number of likely N-dealkylation sites (tertiary alicyclic amines) is 1. The number of benzene rings is 1. The van der Waals surface area contributed by atoms with Crippen molar-refractivity contribution in [2.75, 3.05) is 32.4 Å². The van der Waals surface area contributed by atoms with Crippen molar-refractivity contribution in [2.45, 2.75) is 17.4 Å². The summed E-state index contributed by atoms with van der Waals surface area (Å²) in [5.41, 5.74) is 0.469. The van der Waals surface area contributed by atoms with Crippen LogP contribution in [0.5, 0.6) is 0 Å². The van der Waals surface area contributed by atoms with Crippen LogP contribution in [0.1, 0.15) is 12.0 Å². The standard InChI is InChI=1S/C14H19N3O2S/c1-17-8-6-13(11-17)16-7-9-20(18,19)14-4-2-12(10-15)3-5-14/h2-5,13,16H,6-9,11H2,1H3. The van der Waals surface area contributed by atoms with Gasteiger partial charge in [0.2, 0.25) is 0 Å². The van der Waals surface area contributed by atoms with E-state index in [0.29, 0.717) is 18.2 Å². The van der Waals surface area contributed by atoms with E-state index in [4.69, 9.17) is 5.26 Å². The monoisotopic (exact) mass is 293 g/mol. The summed E-state index contributed by atoms with van der Waals surface area (Å²) in [4.78, 5) is 2.51. The molecule has 1 aliphatic heterocycles. The number of hydrogen-bond donors (Lipinski definition) is 1. The lowest BCUT2D eigenvalue weighted by molar-refractivity contribution is 0.400. The molecule has 5 nitrogen and oxygen atoms in total. The number of nitrogens with zero attached hydrogens (tertiary/aromatic N) is 2. The number of likely N-dealkylation sites (N-methyl/N-ethyl adjacent to an activating group) is 1. The van der Waals surface area contributed by atoms with Crippen molar-refractivity contribution in [1.82, 2.24) is 10.2 Å². The summed E-state index contributed by atoms with van der Waals surface area (Å²) >= 11 is 0. The van der Waals surface area contributed by atoms with Gasteiger partial charge in [0.25, 0.3) is 0 Å². The van der Waals surface area contributed by atoms with E-state index in [2.05, 4.69) is 17.3 Å². The van der Waals surface area contributed by atoms with Crippen LogP contribution in [0, 0.1) is 11.3 Å². The summed E-state index contributed by atoms with van der Waals surface area (Å²) in [6.07, 6.45) is 1.06. The molecular weight excluding hydrogens is 274 g/mol. The lowest BCUT2D eigenvalue weighted by Crippen LogP contribution is -2.34. The van der Waals surface area contributed by atoms with Crippen LogP contribution < -0.4 is 5.32 Å². The van der Waals surface area contributed by atoms with Crippen molar-refractivity contribution in [3.05, 3.63) is 29.8 Å². The molecule has 108 valence electrons. The third-order valence-electron chi connectivity index (χ3n) is 3.54. The quantitative estimate of drug-likeness (QED) is 0.862. The molecule has 0 saturated carbocycles. The molecular formula is C14H19N3O2S. The van der Waals surface area contributed by atoms with Crippen LogP contribution in [-0.4, -0.2) is 51.8 Å². The molecule has 0 amide bonds. The van der Waals surface area contributed by atoms with Gasteiger partial charge in [0.15, 0.2) is 9.84 Å². The van der Waals surface area contributed by atoms with Gasteiger partial charge in [-0.05, 0) is 44.3 Å². The van der Waals surface area contributed by atoms with Crippen molar-refractivity contribution >= 4 is 9.84 Å². The molecule has 1 aliphatic rings. The Morgan fingerprint density at radius 3 is 2.65 bits per heavy atom. The average Bonchev–Trinajstić information content (AvgIpc) is 2.84. The second-order valence-corrected chi connectivity index (χ2v) is 7.27. The van der Waals surface area contributed by atoms with Gasteiger partial charge >= 0.3 is 0 Å². The first kappa shape index (κ1) is 15.0. The Morgan fingerprint density at radius 1 is 1.40 bits per heavy atom. The van der Waals surface area contributed by atoms with Gasteiger partial charge < -0.3 is 10.2 Å². The van der Waals surface area contributed by atoms with E-state index in [1.807, 2.05) is 6.07 Å². The van der Waals surface area contributed by atoms with Gasteiger partial charge in [-0.25, -0.2) is 8.42 Å². The number of hydrogen-bond acceptors (Lipinski definition) is 5. The molecule has 0 bridgehead atoms. The zero-order chi connectivity index (χ0) is 14.6. The smallest absolute Gasteiger partial charge is 0.179 e. The van der Waals surface area contributed by atoms with E-state index >= 15 is 0 Å². The SMILES string of the molecule is CN1CCC(NCCS(=O)(=O)c2ccc(C#N)cc2)C1. The molecule has 1 aromatic carbocycles. The minimum atomic E-state index is -3.28. The van der Waals surface area contributed by atoms with Gasteiger partial charge in [0.1, 0.15) is 0 Å². The van der Waals surface area contributed by atoms with Gasteiger partial charge in [-0.15, -0.1) is 0 Å². The molecule has 20 heavy (non-hydrogen) atoms. The second-order valence-electron chi connectivity index (χ2n) is 5.16. The molecule has 1 saturated heterocycles. The zero-order valence-corrected chi connectivity index (χ0v) is 12.4. The molecule has 1 atom stereocenters. The van der Waals surface area contributed by atoms with Crippen LogP contribution >= 0.6 is 0 Å². The predicted molar refractivity (Wildman–Crippen MR) is 77.1 cm³/mol. The molecule has 1 fully saturated rings. The third-order valence-corrected chi connectivity index (χ3v) is 5.27. The van der Waals surface area contributed by atoms with Gasteiger partial charge in [-0.3, -0.25) is 0 Å². The minimum Gasteiger partial charge on any atom is -0.312 e. The van der Waals surface area contributed by atoms with Crippen LogP contribution in [0.4, 0.5) is 0 Å². The molecule has 0 aliphatic carbocycles. The fourth-order valence-corrected chi connectivity index (χ4v) is 3.53. The fraction of sp³-hybridized carbons (Fsp3) is 0.500. The molecule has 1 N–H and O–H groups in total. The van der Waals surface area contributed by atoms with E-state index < -0.39 is 9.84 Å².